The SMILES string of the molecule is CC/C=C(N)\C=C/CNc1ccccc1. The van der Waals surface area contributed by atoms with Gasteiger partial charge in [-0.15, -0.1) is 0 Å². The lowest BCUT2D eigenvalue weighted by molar-refractivity contribution is 1.18. The molecule has 1 aromatic carbocycles. The number of benzene rings is 1. The summed E-state index contributed by atoms with van der Waals surface area (Å²) >= 11 is 0. The molecule has 0 fully saturated rings. The van der Waals surface area contributed by atoms with Crippen molar-refractivity contribution in [1.29, 1.82) is 0 Å². The molecule has 2 nitrogen and oxygen atoms in total. The average Bonchev–Trinajstić information content (AvgIpc) is 2.26. The van der Waals surface area contributed by atoms with Gasteiger partial charge in [-0.2, -0.15) is 0 Å². The van der Waals surface area contributed by atoms with E-state index in [-0.39, 0.29) is 0 Å². The summed E-state index contributed by atoms with van der Waals surface area (Å²) in [6.07, 6.45) is 6.93. The van der Waals surface area contributed by atoms with Gasteiger partial charge in [0, 0.05) is 17.9 Å². The van der Waals surface area contributed by atoms with Crippen molar-refractivity contribution in [3.05, 3.63) is 54.3 Å². The standard InChI is InChI=1S/C13H18N2/c1-2-7-12(14)8-6-11-15-13-9-4-3-5-10-13/h3-10,15H,2,11,14H2,1H3/b8-6-,12-7+. The number of allylic oxidation sites excluding steroid dienone is 2. The van der Waals surface area contributed by atoms with Crippen LogP contribution in [0.4, 0.5) is 5.69 Å². The van der Waals surface area contributed by atoms with Gasteiger partial charge in [0.2, 0.25) is 0 Å². The third-order valence-corrected chi connectivity index (χ3v) is 1.95. The predicted octanol–water partition coefficient (Wildman–Crippen LogP) is 2.91. The van der Waals surface area contributed by atoms with Crippen molar-refractivity contribution >= 4 is 5.69 Å². The number of anilines is 1. The first-order valence-electron chi connectivity index (χ1n) is 5.24. The lowest BCUT2D eigenvalue weighted by Gasteiger charge is -2.01. The predicted molar refractivity (Wildman–Crippen MR) is 66.6 cm³/mol. The van der Waals surface area contributed by atoms with Crippen molar-refractivity contribution in [2.24, 2.45) is 5.73 Å². The third-order valence-electron chi connectivity index (χ3n) is 1.95. The molecule has 0 spiro atoms. The molecule has 1 rings (SSSR count). The van der Waals surface area contributed by atoms with E-state index in [0.29, 0.717) is 0 Å². The molecule has 0 saturated carbocycles. The lowest BCUT2D eigenvalue weighted by atomic mass is 10.3. The first kappa shape index (κ1) is 11.4. The summed E-state index contributed by atoms with van der Waals surface area (Å²) in [5.41, 5.74) is 7.66. The molecule has 0 bridgehead atoms. The van der Waals surface area contributed by atoms with Crippen LogP contribution < -0.4 is 11.1 Å². The Hall–Kier alpha value is -1.70. The molecule has 0 atom stereocenters. The minimum atomic E-state index is 0.794. The van der Waals surface area contributed by atoms with E-state index in [2.05, 4.69) is 12.2 Å². The van der Waals surface area contributed by atoms with Crippen LogP contribution in [0.15, 0.2) is 54.3 Å². The molecule has 2 heteroatoms. The topological polar surface area (TPSA) is 38.0 Å². The summed E-state index contributed by atoms with van der Waals surface area (Å²) in [6.45, 7) is 2.87. The smallest absolute Gasteiger partial charge is 0.0342 e. The highest BCUT2D eigenvalue weighted by atomic mass is 14.8. The number of para-hydroxylation sites is 1. The third kappa shape index (κ3) is 4.91. The molecular formula is C13H18N2. The van der Waals surface area contributed by atoms with E-state index in [1.54, 1.807) is 0 Å². The van der Waals surface area contributed by atoms with Crippen molar-refractivity contribution in [2.75, 3.05) is 11.9 Å². The van der Waals surface area contributed by atoms with Gasteiger partial charge in [0.1, 0.15) is 0 Å². The maximum absolute atomic E-state index is 5.71. The molecule has 0 aliphatic carbocycles. The van der Waals surface area contributed by atoms with E-state index in [0.717, 1.165) is 24.4 Å². The Bertz CT molecular complexity index is 326. The number of nitrogens with one attached hydrogen (secondary N) is 1. The molecule has 1 aromatic rings. The molecule has 0 heterocycles. The van der Waals surface area contributed by atoms with E-state index in [4.69, 9.17) is 5.73 Å². The van der Waals surface area contributed by atoms with E-state index in [9.17, 15) is 0 Å². The van der Waals surface area contributed by atoms with E-state index in [1.165, 1.54) is 0 Å². The fourth-order valence-corrected chi connectivity index (χ4v) is 1.23. The Morgan fingerprint density at radius 2 is 2.07 bits per heavy atom. The van der Waals surface area contributed by atoms with Gasteiger partial charge >= 0.3 is 0 Å². The zero-order valence-corrected chi connectivity index (χ0v) is 9.11. The lowest BCUT2D eigenvalue weighted by Crippen LogP contribution is -1.99. The van der Waals surface area contributed by atoms with Crippen LogP contribution >= 0.6 is 0 Å². The van der Waals surface area contributed by atoms with Crippen molar-refractivity contribution in [3.63, 3.8) is 0 Å². The van der Waals surface area contributed by atoms with Crippen LogP contribution in [0.5, 0.6) is 0 Å². The normalized spacial score (nSPS) is 11.9. The summed E-state index contributed by atoms with van der Waals surface area (Å²) in [4.78, 5) is 0. The molecule has 0 aliphatic heterocycles. The molecule has 15 heavy (non-hydrogen) atoms. The molecule has 0 amide bonds. The minimum absolute atomic E-state index is 0.794. The van der Waals surface area contributed by atoms with Gasteiger partial charge in [-0.05, 0) is 24.6 Å². The Balaban J connectivity index is 2.31. The average molecular weight is 202 g/mol. The molecule has 0 unspecified atom stereocenters. The van der Waals surface area contributed by atoms with Crippen LogP contribution in [0.1, 0.15) is 13.3 Å². The van der Waals surface area contributed by atoms with Crippen LogP contribution in [0, 0.1) is 0 Å². The highest BCUT2D eigenvalue weighted by Gasteiger charge is 1.85. The Kier molecular flexibility index (Phi) is 5.09. The molecule has 0 saturated heterocycles. The fourth-order valence-electron chi connectivity index (χ4n) is 1.23. The van der Waals surface area contributed by atoms with Gasteiger partial charge in [-0.3, -0.25) is 0 Å². The molecule has 0 aromatic heterocycles. The Labute approximate surface area is 91.5 Å². The summed E-state index contributed by atoms with van der Waals surface area (Å²) in [5.74, 6) is 0. The van der Waals surface area contributed by atoms with Crippen LogP contribution in [-0.4, -0.2) is 6.54 Å². The second-order valence-electron chi connectivity index (χ2n) is 3.26. The number of rotatable bonds is 5. The first-order chi connectivity index (χ1) is 7.33. The number of nitrogens with two attached hydrogens (primary N) is 1. The van der Waals surface area contributed by atoms with E-state index >= 15 is 0 Å². The zero-order chi connectivity index (χ0) is 10.9. The van der Waals surface area contributed by atoms with Gasteiger partial charge in [-0.25, -0.2) is 0 Å². The first-order valence-corrected chi connectivity index (χ1v) is 5.24. The largest absolute Gasteiger partial charge is 0.399 e. The van der Waals surface area contributed by atoms with Crippen molar-refractivity contribution in [3.8, 4) is 0 Å². The molecule has 80 valence electrons. The number of hydrogen-bond acceptors (Lipinski definition) is 2. The molecule has 0 radical (unpaired) electrons. The molecule has 3 N–H and O–H groups in total. The van der Waals surface area contributed by atoms with Gasteiger partial charge in [0.05, 0.1) is 0 Å². The van der Waals surface area contributed by atoms with Crippen LogP contribution in [0.3, 0.4) is 0 Å². The van der Waals surface area contributed by atoms with Gasteiger partial charge in [0.25, 0.3) is 0 Å². The van der Waals surface area contributed by atoms with Crippen molar-refractivity contribution in [2.45, 2.75) is 13.3 Å². The summed E-state index contributed by atoms with van der Waals surface area (Å²) in [7, 11) is 0. The van der Waals surface area contributed by atoms with Crippen LogP contribution in [0.2, 0.25) is 0 Å². The zero-order valence-electron chi connectivity index (χ0n) is 9.11. The van der Waals surface area contributed by atoms with Crippen molar-refractivity contribution in [1.82, 2.24) is 0 Å². The fraction of sp³-hybridized carbons (Fsp3) is 0.231. The maximum Gasteiger partial charge on any atom is 0.0342 e. The van der Waals surface area contributed by atoms with Crippen LogP contribution in [-0.2, 0) is 0 Å². The quantitative estimate of drug-likeness (QED) is 0.720. The second-order valence-corrected chi connectivity index (χ2v) is 3.26. The van der Waals surface area contributed by atoms with Crippen molar-refractivity contribution < 1.29 is 0 Å². The van der Waals surface area contributed by atoms with Gasteiger partial charge in [-0.1, -0.05) is 37.3 Å². The summed E-state index contributed by atoms with van der Waals surface area (Å²) < 4.78 is 0. The van der Waals surface area contributed by atoms with E-state index in [1.807, 2.05) is 48.6 Å². The van der Waals surface area contributed by atoms with Crippen LogP contribution in [0.25, 0.3) is 0 Å². The summed E-state index contributed by atoms with van der Waals surface area (Å²) in [6, 6.07) is 10.1. The van der Waals surface area contributed by atoms with Gasteiger partial charge in [0.15, 0.2) is 0 Å². The Morgan fingerprint density at radius 3 is 2.73 bits per heavy atom. The highest BCUT2D eigenvalue weighted by Crippen LogP contribution is 2.03. The molecular weight excluding hydrogens is 184 g/mol. The monoisotopic (exact) mass is 202 g/mol. The Morgan fingerprint density at radius 1 is 1.33 bits per heavy atom. The minimum Gasteiger partial charge on any atom is -0.399 e. The van der Waals surface area contributed by atoms with E-state index < -0.39 is 0 Å². The second kappa shape index (κ2) is 6.71. The maximum atomic E-state index is 5.71. The summed E-state index contributed by atoms with van der Waals surface area (Å²) in [5, 5.41) is 3.27. The molecule has 0 aliphatic rings. The van der Waals surface area contributed by atoms with Gasteiger partial charge < -0.3 is 11.1 Å². The number of hydrogen-bond donors (Lipinski definition) is 2. The highest BCUT2D eigenvalue weighted by molar-refractivity contribution is 5.43.